The normalized spacial score (nSPS) is 19.4. The maximum atomic E-state index is 12.8. The summed E-state index contributed by atoms with van der Waals surface area (Å²) in [4.78, 5) is 30.5. The van der Waals surface area contributed by atoms with Crippen LogP contribution in [0.25, 0.3) is 10.9 Å². The zero-order valence-electron chi connectivity index (χ0n) is 15.2. The molecule has 28 heavy (non-hydrogen) atoms. The van der Waals surface area contributed by atoms with E-state index in [1.54, 1.807) is 35.4 Å². The molecule has 1 atom stereocenters. The van der Waals surface area contributed by atoms with Gasteiger partial charge in [-0.1, -0.05) is 0 Å². The van der Waals surface area contributed by atoms with E-state index >= 15 is 0 Å². The summed E-state index contributed by atoms with van der Waals surface area (Å²) < 4.78 is 11.5. The summed E-state index contributed by atoms with van der Waals surface area (Å²) in [6, 6.07) is 8.87. The number of anilines is 1. The van der Waals surface area contributed by atoms with Crippen LogP contribution in [0.4, 0.5) is 5.69 Å². The molecule has 1 aromatic carbocycles. The highest BCUT2D eigenvalue weighted by Gasteiger charge is 2.34. The predicted molar refractivity (Wildman–Crippen MR) is 103 cm³/mol. The van der Waals surface area contributed by atoms with Gasteiger partial charge in [-0.2, -0.15) is 0 Å². The van der Waals surface area contributed by atoms with Crippen LogP contribution < -0.4 is 19.9 Å². The van der Waals surface area contributed by atoms with Crippen LogP contribution in [0.3, 0.4) is 0 Å². The molecule has 2 fully saturated rings. The highest BCUT2D eigenvalue weighted by molar-refractivity contribution is 6.00. The van der Waals surface area contributed by atoms with Crippen molar-refractivity contribution >= 4 is 22.5 Å². The lowest BCUT2D eigenvalue weighted by molar-refractivity contribution is -0.122. The third-order valence-corrected chi connectivity index (χ3v) is 5.18. The number of carbonyl (C=O) groups excluding carboxylic acids is 1. The Morgan fingerprint density at radius 1 is 1.11 bits per heavy atom. The number of fused-ring (bicyclic) bond motifs is 1. The molecular weight excluding hydrogens is 360 g/mol. The fraction of sp³-hybridized carbons (Fsp3) is 0.350. The van der Waals surface area contributed by atoms with E-state index in [4.69, 9.17) is 9.47 Å². The molecule has 1 amide bonds. The summed E-state index contributed by atoms with van der Waals surface area (Å²) in [6.07, 6.45) is 4.05. The molecule has 144 valence electrons. The van der Waals surface area contributed by atoms with Crippen molar-refractivity contribution < 1.29 is 14.3 Å². The Morgan fingerprint density at radius 3 is 2.79 bits per heavy atom. The smallest absolute Gasteiger partial charge is 0.271 e. The number of hydrogen-bond acceptors (Lipinski definition) is 5. The number of ether oxygens (including phenoxy) is 2. The molecule has 1 unspecified atom stereocenters. The summed E-state index contributed by atoms with van der Waals surface area (Å²) in [5.41, 5.74) is 1.20. The molecule has 2 N–H and O–H groups in total. The maximum Gasteiger partial charge on any atom is 0.271 e. The van der Waals surface area contributed by atoms with Crippen molar-refractivity contribution in [2.45, 2.75) is 25.4 Å². The van der Waals surface area contributed by atoms with E-state index in [9.17, 15) is 9.59 Å². The largest absolute Gasteiger partial charge is 0.479 e. The van der Waals surface area contributed by atoms with Crippen molar-refractivity contribution in [1.82, 2.24) is 15.2 Å². The van der Waals surface area contributed by atoms with Gasteiger partial charge < -0.3 is 14.4 Å². The minimum absolute atomic E-state index is 0.125. The number of hydrogen-bond donors (Lipinski definition) is 2. The average Bonchev–Trinajstić information content (AvgIpc) is 3.39. The second-order valence-corrected chi connectivity index (χ2v) is 7.28. The number of amides is 1. The van der Waals surface area contributed by atoms with Crippen LogP contribution in [-0.2, 0) is 4.79 Å². The van der Waals surface area contributed by atoms with E-state index in [0.29, 0.717) is 53.7 Å². The Kier molecular flexibility index (Phi) is 4.03. The maximum absolute atomic E-state index is 12.8. The van der Waals surface area contributed by atoms with Gasteiger partial charge in [-0.25, -0.2) is 4.98 Å². The number of aromatic nitrogens is 3. The number of benzene rings is 1. The van der Waals surface area contributed by atoms with Crippen LogP contribution in [-0.4, -0.2) is 40.3 Å². The van der Waals surface area contributed by atoms with Crippen molar-refractivity contribution in [2.75, 3.05) is 18.1 Å². The van der Waals surface area contributed by atoms with Gasteiger partial charge in [0.25, 0.3) is 11.5 Å². The van der Waals surface area contributed by atoms with Gasteiger partial charge in [-0.3, -0.25) is 19.8 Å². The molecule has 8 nitrogen and oxygen atoms in total. The van der Waals surface area contributed by atoms with Crippen LogP contribution in [0, 0.1) is 5.92 Å². The van der Waals surface area contributed by atoms with Crippen molar-refractivity contribution in [2.24, 2.45) is 5.92 Å². The molecule has 8 heteroatoms. The fourth-order valence-electron chi connectivity index (χ4n) is 3.38. The molecule has 1 saturated carbocycles. The molecule has 3 heterocycles. The monoisotopic (exact) mass is 380 g/mol. The third kappa shape index (κ3) is 3.21. The number of H-pyrrole nitrogens is 2. The number of pyridine rings is 1. The average molecular weight is 380 g/mol. The number of nitrogens with zero attached hydrogens (tertiary/aromatic N) is 2. The molecule has 3 aromatic rings. The first-order valence-electron chi connectivity index (χ1n) is 9.45. The summed E-state index contributed by atoms with van der Waals surface area (Å²) in [6.45, 7) is 1.24. The van der Waals surface area contributed by atoms with Gasteiger partial charge in [0.1, 0.15) is 5.75 Å². The molecular formula is C20H20N4O4. The van der Waals surface area contributed by atoms with E-state index in [1.165, 1.54) is 12.8 Å². The van der Waals surface area contributed by atoms with E-state index in [-0.39, 0.29) is 11.5 Å². The van der Waals surface area contributed by atoms with Crippen molar-refractivity contribution in [1.29, 1.82) is 0 Å². The van der Waals surface area contributed by atoms with Crippen LogP contribution in [0.15, 0.2) is 41.3 Å². The van der Waals surface area contributed by atoms with Crippen LogP contribution in [0.2, 0.25) is 0 Å². The van der Waals surface area contributed by atoms with Gasteiger partial charge >= 0.3 is 0 Å². The number of nitrogens with one attached hydrogen (secondary N) is 2. The Balaban J connectivity index is 1.26. The summed E-state index contributed by atoms with van der Waals surface area (Å²) in [5, 5.41) is 5.87. The first kappa shape index (κ1) is 16.9. The topological polar surface area (TPSA) is 100 Å². The standard InChI is InChI=1S/C20H20N4O4/c25-19-15-9-13(3-5-16(15)22-23-19)24-8-7-17(20(24)26)28-14-4-6-18(21-10-14)27-11-12-1-2-12/h3-6,9-10,12,17H,1-2,7-8,11H2,(H2,22,23,25). The molecule has 0 spiro atoms. The van der Waals surface area contributed by atoms with Crippen LogP contribution >= 0.6 is 0 Å². The van der Waals surface area contributed by atoms with Gasteiger partial charge in [-0.05, 0) is 43.0 Å². The van der Waals surface area contributed by atoms with Crippen molar-refractivity contribution in [3.8, 4) is 11.6 Å². The van der Waals surface area contributed by atoms with Gasteiger partial charge in [-0.15, -0.1) is 0 Å². The summed E-state index contributed by atoms with van der Waals surface area (Å²) >= 11 is 0. The Labute approximate surface area is 160 Å². The van der Waals surface area contributed by atoms with E-state index < -0.39 is 6.10 Å². The molecule has 1 saturated heterocycles. The Morgan fingerprint density at radius 2 is 2.00 bits per heavy atom. The quantitative estimate of drug-likeness (QED) is 0.683. The number of carbonyl (C=O) groups is 1. The molecule has 0 radical (unpaired) electrons. The lowest BCUT2D eigenvalue weighted by Crippen LogP contribution is -2.32. The highest BCUT2D eigenvalue weighted by atomic mass is 16.5. The van der Waals surface area contributed by atoms with Crippen molar-refractivity contribution in [3.63, 3.8) is 0 Å². The Bertz CT molecular complexity index is 1070. The van der Waals surface area contributed by atoms with Gasteiger partial charge in [0.05, 0.1) is 23.7 Å². The first-order chi connectivity index (χ1) is 13.7. The zero-order valence-corrected chi connectivity index (χ0v) is 15.2. The molecule has 5 rings (SSSR count). The Hall–Kier alpha value is -3.29. The van der Waals surface area contributed by atoms with E-state index in [1.807, 2.05) is 6.07 Å². The van der Waals surface area contributed by atoms with Crippen LogP contribution in [0.1, 0.15) is 19.3 Å². The summed E-state index contributed by atoms with van der Waals surface area (Å²) in [5.74, 6) is 1.65. The predicted octanol–water partition coefficient (Wildman–Crippen LogP) is 2.22. The zero-order chi connectivity index (χ0) is 19.1. The first-order valence-corrected chi connectivity index (χ1v) is 9.45. The lowest BCUT2D eigenvalue weighted by Gasteiger charge is -2.17. The number of aromatic amines is 2. The third-order valence-electron chi connectivity index (χ3n) is 5.18. The van der Waals surface area contributed by atoms with Crippen molar-refractivity contribution in [3.05, 3.63) is 46.9 Å². The SMILES string of the molecule is O=C1C(Oc2ccc(OCC3CC3)nc2)CCN1c1ccc2[nH][nH]c(=O)c2c1. The number of rotatable bonds is 6. The van der Waals surface area contributed by atoms with Gasteiger partial charge in [0.2, 0.25) is 5.88 Å². The fourth-order valence-corrected chi connectivity index (χ4v) is 3.38. The molecule has 1 aliphatic carbocycles. The second-order valence-electron chi connectivity index (χ2n) is 7.28. The van der Waals surface area contributed by atoms with E-state index in [0.717, 1.165) is 0 Å². The van der Waals surface area contributed by atoms with Gasteiger partial charge in [0, 0.05) is 24.7 Å². The molecule has 2 aromatic heterocycles. The minimum Gasteiger partial charge on any atom is -0.479 e. The molecule has 1 aliphatic heterocycles. The minimum atomic E-state index is -0.569. The molecule has 2 aliphatic rings. The van der Waals surface area contributed by atoms with Gasteiger partial charge in [0.15, 0.2) is 6.10 Å². The van der Waals surface area contributed by atoms with E-state index in [2.05, 4.69) is 15.2 Å². The highest BCUT2D eigenvalue weighted by Crippen LogP contribution is 2.30. The molecule has 0 bridgehead atoms. The second kappa shape index (κ2) is 6.70. The lowest BCUT2D eigenvalue weighted by atomic mass is 10.2. The van der Waals surface area contributed by atoms with Crippen LogP contribution in [0.5, 0.6) is 11.6 Å². The summed E-state index contributed by atoms with van der Waals surface area (Å²) in [7, 11) is 0.